The summed E-state index contributed by atoms with van der Waals surface area (Å²) < 4.78 is 0. The van der Waals surface area contributed by atoms with Crippen molar-refractivity contribution in [2.75, 3.05) is 0 Å². The molecule has 362 valence electrons. The van der Waals surface area contributed by atoms with Crippen molar-refractivity contribution in [3.63, 3.8) is 0 Å². The molecule has 10 heterocycles. The van der Waals surface area contributed by atoms with Crippen LogP contribution in [0.15, 0.2) is 198 Å². The third-order valence-corrected chi connectivity index (χ3v) is 15.6. The first-order valence-electron chi connectivity index (χ1n) is 25.1. The van der Waals surface area contributed by atoms with Gasteiger partial charge in [0.2, 0.25) is 0 Å². The van der Waals surface area contributed by atoms with Crippen molar-refractivity contribution < 1.29 is 34.1 Å². The van der Waals surface area contributed by atoms with Gasteiger partial charge in [-0.1, -0.05) is 169 Å². The Kier molecular flexibility index (Phi) is 9.87. The predicted octanol–water partition coefficient (Wildman–Crippen LogP) is 15.1. The summed E-state index contributed by atoms with van der Waals surface area (Å²) in [6.07, 6.45) is 7.06. The van der Waals surface area contributed by atoms with Gasteiger partial charge in [-0.05, 0) is 86.8 Å². The average Bonchev–Trinajstić information content (AvgIpc) is 4.38. The topological polar surface area (TPSA) is 107 Å². The normalized spacial score (nSPS) is 17.3. The second-order valence-electron chi connectivity index (χ2n) is 19.7. The minimum absolute atomic E-state index is 0. The molecule has 7 aromatic carbocycles. The molecular weight excluding hydrogens is 1030 g/mol. The fourth-order valence-corrected chi connectivity index (χ4v) is 12.2. The van der Waals surface area contributed by atoms with Crippen LogP contribution in [0.3, 0.4) is 0 Å². The van der Waals surface area contributed by atoms with Gasteiger partial charge in [0, 0.05) is 50.2 Å². The molecule has 0 N–H and O–H groups in total. The van der Waals surface area contributed by atoms with Crippen LogP contribution in [0.1, 0.15) is 57.2 Å². The van der Waals surface area contributed by atoms with E-state index in [0.717, 1.165) is 173 Å². The summed E-state index contributed by atoms with van der Waals surface area (Å²) in [6, 6.07) is 63.8. The zero-order valence-corrected chi connectivity index (χ0v) is 41.9. The first-order valence-corrected chi connectivity index (χ1v) is 25.1. The van der Waals surface area contributed by atoms with Gasteiger partial charge >= 0.3 is 34.1 Å². The molecule has 6 aliphatic rings. The van der Waals surface area contributed by atoms with Gasteiger partial charge in [-0.3, -0.25) is 4.99 Å². The Morgan fingerprint density at radius 2 is 0.776 bits per heavy atom. The third kappa shape index (κ3) is 6.62. The van der Waals surface area contributed by atoms with Crippen molar-refractivity contribution in [3.05, 3.63) is 238 Å². The average molecular weight is 1070 g/mol. The van der Waals surface area contributed by atoms with Gasteiger partial charge in [0.15, 0.2) is 0 Å². The molecule has 10 heteroatoms. The second-order valence-corrected chi connectivity index (χ2v) is 19.7. The molecule has 0 amide bonds. The Hall–Kier alpha value is -8.88. The number of fused-ring (bicyclic) bond motifs is 38. The number of rotatable bonds is 0. The van der Waals surface area contributed by atoms with E-state index in [1.807, 2.05) is 0 Å². The SMILES string of the molecule is C1=C2\N=C(CC3[N-]\C(=C/C4=N/C(=C\c5[n-]c/1c1ccccc51)c1ccccc14)c1cc4c5cc6nc(cc7[n-]c(cc8nc(cc([n-]5)c4cc13)-c1ccccc1-8)c1ccccc71)-c1ccccc1-6)c1ccccc12.[Cu+2].[Cu+2]. The Bertz CT molecular complexity index is 4750. The van der Waals surface area contributed by atoms with Gasteiger partial charge in [0.1, 0.15) is 0 Å². The summed E-state index contributed by atoms with van der Waals surface area (Å²) in [5.74, 6) is 0. The van der Waals surface area contributed by atoms with Crippen LogP contribution in [0.25, 0.3) is 134 Å². The van der Waals surface area contributed by atoms with E-state index >= 15 is 0 Å². The molecule has 4 aromatic heterocycles. The standard InChI is InChI=1S/C66H36N8.2Cu/c1-2-14-36-35(13-1)51-27-55-39-17-5-9-21-43(39)59(69-55)31-63-47-25-49-50(26-48(47)64(73-63)32-60-44-22-10-6-18-40(44)56(70-60)28-52(36)67-51)66-34-62-46-24-12-8-20-42(46)58(72-62)30-54-38-16-4-3-15-37(38)53(68-54)29-57-41-19-7-11-23-45(41)61(71-57)33-65(49)74-66;;/h1-33,66H,34H2;;/q-4;2*+2/b51-27?,52-28?,55-27?,56-28?,57-29-,58-30-,59-31?,60-32?,63-31?,64-32?,65-33-;;. The minimum atomic E-state index is -0.248. The van der Waals surface area contributed by atoms with Crippen molar-refractivity contribution in [3.8, 4) is 45.0 Å². The molecule has 8 nitrogen and oxygen atoms in total. The molecule has 17 rings (SSSR count). The number of aliphatic imine (C=N–C) groups is 2. The van der Waals surface area contributed by atoms with Gasteiger partial charge in [0.05, 0.1) is 39.9 Å². The zero-order chi connectivity index (χ0) is 48.2. The first-order chi connectivity index (χ1) is 36.6. The van der Waals surface area contributed by atoms with Gasteiger partial charge in [-0.25, -0.2) is 15.0 Å². The van der Waals surface area contributed by atoms with E-state index < -0.39 is 0 Å². The number of benzene rings is 7. The summed E-state index contributed by atoms with van der Waals surface area (Å²) in [5.41, 5.74) is 23.8. The molecule has 76 heavy (non-hydrogen) atoms. The van der Waals surface area contributed by atoms with E-state index in [1.54, 1.807) is 0 Å². The van der Waals surface area contributed by atoms with Crippen molar-refractivity contribution >= 4 is 95.1 Å². The summed E-state index contributed by atoms with van der Waals surface area (Å²) in [7, 11) is 0. The molecule has 2 radical (unpaired) electrons. The molecule has 0 saturated heterocycles. The molecule has 0 saturated carbocycles. The molecule has 6 aliphatic heterocycles. The van der Waals surface area contributed by atoms with Crippen molar-refractivity contribution in [1.29, 1.82) is 0 Å². The van der Waals surface area contributed by atoms with Crippen LogP contribution in [0.4, 0.5) is 0 Å². The van der Waals surface area contributed by atoms with E-state index in [2.05, 4.69) is 200 Å². The zero-order valence-electron chi connectivity index (χ0n) is 40.0. The van der Waals surface area contributed by atoms with Crippen LogP contribution >= 0.6 is 0 Å². The maximum atomic E-state index is 5.68. The monoisotopic (exact) mass is 1070 g/mol. The van der Waals surface area contributed by atoms with E-state index in [-0.39, 0.29) is 40.2 Å². The molecule has 16 bridgehead atoms. The van der Waals surface area contributed by atoms with Gasteiger partial charge < -0.3 is 20.3 Å². The van der Waals surface area contributed by atoms with E-state index in [1.165, 1.54) is 0 Å². The van der Waals surface area contributed by atoms with E-state index in [4.69, 9.17) is 40.2 Å². The Balaban J connectivity index is 0.00000253. The van der Waals surface area contributed by atoms with Crippen LogP contribution in [-0.4, -0.2) is 21.4 Å². The smallest absolute Gasteiger partial charge is 0.677 e. The predicted molar refractivity (Wildman–Crippen MR) is 300 cm³/mol. The number of hydrogen-bond donors (Lipinski definition) is 0. The van der Waals surface area contributed by atoms with Crippen molar-refractivity contribution in [2.24, 2.45) is 9.98 Å². The summed E-state index contributed by atoms with van der Waals surface area (Å²) in [6.45, 7) is 0. The van der Waals surface area contributed by atoms with Gasteiger partial charge in [0.25, 0.3) is 0 Å². The molecule has 11 aromatic rings. The number of aromatic nitrogens is 5. The summed E-state index contributed by atoms with van der Waals surface area (Å²) in [4.78, 5) is 37.7. The third-order valence-electron chi connectivity index (χ3n) is 15.6. The molecule has 0 fully saturated rings. The fraction of sp³-hybridized carbons (Fsp3) is 0.0303. The Morgan fingerprint density at radius 3 is 1.32 bits per heavy atom. The minimum Gasteiger partial charge on any atom is -0.677 e. The van der Waals surface area contributed by atoms with Crippen LogP contribution in [0, 0.1) is 0 Å². The second kappa shape index (κ2) is 16.8. The largest absolute Gasteiger partial charge is 2.00 e. The van der Waals surface area contributed by atoms with Gasteiger partial charge in [-0.2, -0.15) is 0 Å². The molecular formula is C66H36Cu2N8. The number of nitrogens with zero attached hydrogens (tertiary/aromatic N) is 8. The van der Waals surface area contributed by atoms with Gasteiger partial charge in [-0.15, -0.1) is 39.2 Å². The van der Waals surface area contributed by atoms with Crippen LogP contribution in [0.5, 0.6) is 0 Å². The van der Waals surface area contributed by atoms with E-state index in [9.17, 15) is 0 Å². The quantitative estimate of drug-likeness (QED) is 0.141. The van der Waals surface area contributed by atoms with Crippen molar-refractivity contribution in [2.45, 2.75) is 12.5 Å². The molecule has 1 atom stereocenters. The molecule has 0 spiro atoms. The van der Waals surface area contributed by atoms with Crippen LogP contribution in [-0.2, 0) is 34.1 Å². The van der Waals surface area contributed by atoms with Crippen LogP contribution in [0.2, 0.25) is 0 Å². The fourth-order valence-electron chi connectivity index (χ4n) is 12.2. The maximum Gasteiger partial charge on any atom is 2.00 e. The van der Waals surface area contributed by atoms with Crippen molar-refractivity contribution in [1.82, 2.24) is 24.9 Å². The molecule has 0 aliphatic carbocycles. The Morgan fingerprint density at radius 1 is 0.355 bits per heavy atom. The first kappa shape index (κ1) is 44.6. The van der Waals surface area contributed by atoms with E-state index in [0.29, 0.717) is 6.42 Å². The number of allylic oxidation sites excluding steroid dienone is 1. The summed E-state index contributed by atoms with van der Waals surface area (Å²) >= 11 is 0. The number of hydrogen-bond acceptors (Lipinski definition) is 4. The Labute approximate surface area is 456 Å². The summed E-state index contributed by atoms with van der Waals surface area (Å²) in [5, 5.41) is 12.0. The maximum absolute atomic E-state index is 5.68. The molecule has 1 unspecified atom stereocenters. The van der Waals surface area contributed by atoms with Crippen LogP contribution < -0.4 is 15.0 Å².